The molecule has 1 heterocycles. The van der Waals surface area contributed by atoms with Gasteiger partial charge in [0, 0.05) is 17.7 Å². The van der Waals surface area contributed by atoms with Crippen LogP contribution < -0.4 is 14.4 Å². The fraction of sp³-hybridized carbons (Fsp3) is 0.263. The zero-order valence-electron chi connectivity index (χ0n) is 15.0. The predicted octanol–water partition coefficient (Wildman–Crippen LogP) is 2.79. The molecule has 2 aromatic carbocycles. The average molecular weight is 388 g/mol. The number of ether oxygens (including phenoxy) is 1. The van der Waals surface area contributed by atoms with E-state index in [1.807, 2.05) is 13.8 Å². The van der Waals surface area contributed by atoms with Crippen molar-refractivity contribution >= 4 is 33.2 Å². The highest BCUT2D eigenvalue weighted by molar-refractivity contribution is 7.94. The molecule has 0 aromatic heterocycles. The summed E-state index contributed by atoms with van der Waals surface area (Å²) in [6.07, 6.45) is 0.00145. The smallest absolute Gasteiger partial charge is 0.255 e. The summed E-state index contributed by atoms with van der Waals surface area (Å²) >= 11 is 0. The van der Waals surface area contributed by atoms with Crippen LogP contribution in [0.15, 0.2) is 48.5 Å². The Balaban J connectivity index is 1.77. The van der Waals surface area contributed by atoms with Gasteiger partial charge in [0.1, 0.15) is 5.75 Å². The molecule has 8 heteroatoms. The van der Waals surface area contributed by atoms with Crippen molar-refractivity contribution in [1.82, 2.24) is 0 Å². The summed E-state index contributed by atoms with van der Waals surface area (Å²) in [4.78, 5) is 24.4. The van der Waals surface area contributed by atoms with E-state index < -0.39 is 21.8 Å². The third-order valence-electron chi connectivity index (χ3n) is 3.91. The van der Waals surface area contributed by atoms with Crippen molar-refractivity contribution in [3.63, 3.8) is 0 Å². The Kier molecular flexibility index (Phi) is 5.18. The third-order valence-corrected chi connectivity index (χ3v) is 5.60. The van der Waals surface area contributed by atoms with Crippen LogP contribution in [0.3, 0.4) is 0 Å². The molecule has 2 aromatic rings. The number of hydrogen-bond acceptors (Lipinski definition) is 5. The summed E-state index contributed by atoms with van der Waals surface area (Å²) in [5, 5.41) is 2.74. The molecule has 0 radical (unpaired) electrons. The van der Waals surface area contributed by atoms with E-state index in [4.69, 9.17) is 4.74 Å². The largest absolute Gasteiger partial charge is 0.491 e. The van der Waals surface area contributed by atoms with Crippen LogP contribution in [0, 0.1) is 0 Å². The number of nitrogens with one attached hydrogen (secondary N) is 1. The lowest BCUT2D eigenvalue weighted by atomic mass is 10.1. The molecule has 1 aliphatic heterocycles. The molecule has 0 spiro atoms. The summed E-state index contributed by atoms with van der Waals surface area (Å²) in [7, 11) is -3.67. The standard InChI is InChI=1S/C19H20N2O5S/c1-13(2)26-17-8-6-15(7-9-17)20-19(23)14-4-3-5-16(12-14)21-18(22)10-11-27(21,24)25/h3-9,12-13H,10-11H2,1-2H3,(H,20,23). The predicted molar refractivity (Wildman–Crippen MR) is 102 cm³/mol. The molecule has 1 N–H and O–H groups in total. The van der Waals surface area contributed by atoms with Crippen LogP contribution in [0.5, 0.6) is 5.75 Å². The molecule has 0 unspecified atom stereocenters. The van der Waals surface area contributed by atoms with E-state index in [0.717, 1.165) is 4.31 Å². The molecule has 3 rings (SSSR count). The maximum absolute atomic E-state index is 12.5. The average Bonchev–Trinajstić information content (AvgIpc) is 2.89. The minimum atomic E-state index is -3.67. The van der Waals surface area contributed by atoms with Crippen LogP contribution in [0.1, 0.15) is 30.6 Å². The van der Waals surface area contributed by atoms with E-state index in [1.165, 1.54) is 12.1 Å². The second-order valence-corrected chi connectivity index (χ2v) is 8.36. The third kappa shape index (κ3) is 4.28. The summed E-state index contributed by atoms with van der Waals surface area (Å²) in [5.41, 5.74) is 1.00. The van der Waals surface area contributed by atoms with Gasteiger partial charge in [-0.05, 0) is 56.3 Å². The van der Waals surface area contributed by atoms with E-state index in [1.54, 1.807) is 36.4 Å². The highest BCUT2D eigenvalue weighted by Gasteiger charge is 2.36. The second kappa shape index (κ2) is 7.40. The van der Waals surface area contributed by atoms with Crippen LogP contribution in [0.2, 0.25) is 0 Å². The van der Waals surface area contributed by atoms with Crippen LogP contribution in [-0.4, -0.2) is 32.1 Å². The second-order valence-electron chi connectivity index (χ2n) is 6.42. The SMILES string of the molecule is CC(C)Oc1ccc(NC(=O)c2cccc(N3C(=O)CCS3(=O)=O)c2)cc1. The highest BCUT2D eigenvalue weighted by atomic mass is 32.2. The number of carbonyl (C=O) groups excluding carboxylic acids is 2. The Hall–Kier alpha value is -2.87. The minimum absolute atomic E-state index is 0.0520. The number of sulfonamides is 1. The minimum Gasteiger partial charge on any atom is -0.491 e. The quantitative estimate of drug-likeness (QED) is 0.850. The molecule has 0 bridgehead atoms. The number of hydrogen-bond donors (Lipinski definition) is 1. The fourth-order valence-corrected chi connectivity index (χ4v) is 4.19. The molecule has 27 heavy (non-hydrogen) atoms. The van der Waals surface area contributed by atoms with Crippen molar-refractivity contribution in [1.29, 1.82) is 0 Å². The summed E-state index contributed by atoms with van der Waals surface area (Å²) < 4.78 is 30.4. The summed E-state index contributed by atoms with van der Waals surface area (Å²) in [6.45, 7) is 3.85. The lowest BCUT2D eigenvalue weighted by molar-refractivity contribution is -0.116. The van der Waals surface area contributed by atoms with Gasteiger partial charge in [0.15, 0.2) is 0 Å². The zero-order chi connectivity index (χ0) is 19.6. The van der Waals surface area contributed by atoms with Gasteiger partial charge in [0.05, 0.1) is 17.5 Å². The number of carbonyl (C=O) groups is 2. The van der Waals surface area contributed by atoms with Crippen molar-refractivity contribution < 1.29 is 22.7 Å². The maximum atomic E-state index is 12.5. The van der Waals surface area contributed by atoms with Gasteiger partial charge in [0.2, 0.25) is 15.9 Å². The molecular formula is C19H20N2O5S. The van der Waals surface area contributed by atoms with Gasteiger partial charge in [-0.3, -0.25) is 9.59 Å². The van der Waals surface area contributed by atoms with E-state index in [0.29, 0.717) is 11.4 Å². The Bertz CT molecular complexity index is 968. The van der Waals surface area contributed by atoms with E-state index in [9.17, 15) is 18.0 Å². The maximum Gasteiger partial charge on any atom is 0.255 e. The number of rotatable bonds is 5. The Morgan fingerprint density at radius 2 is 1.85 bits per heavy atom. The number of benzene rings is 2. The fourth-order valence-electron chi connectivity index (χ4n) is 2.73. The monoisotopic (exact) mass is 388 g/mol. The molecular weight excluding hydrogens is 368 g/mol. The number of amides is 2. The number of anilines is 2. The lowest BCUT2D eigenvalue weighted by Gasteiger charge is -2.16. The summed E-state index contributed by atoms with van der Waals surface area (Å²) in [5.74, 6) is -0.415. The molecule has 1 fully saturated rings. The van der Waals surface area contributed by atoms with Crippen LogP contribution >= 0.6 is 0 Å². The molecule has 2 amide bonds. The molecule has 142 valence electrons. The first-order valence-electron chi connectivity index (χ1n) is 8.50. The van der Waals surface area contributed by atoms with Crippen LogP contribution in [0.4, 0.5) is 11.4 Å². The highest BCUT2D eigenvalue weighted by Crippen LogP contribution is 2.26. The van der Waals surface area contributed by atoms with Crippen molar-refractivity contribution in [3.05, 3.63) is 54.1 Å². The lowest BCUT2D eigenvalue weighted by Crippen LogP contribution is -2.29. The van der Waals surface area contributed by atoms with Gasteiger partial charge < -0.3 is 10.1 Å². The van der Waals surface area contributed by atoms with Crippen molar-refractivity contribution in [2.75, 3.05) is 15.4 Å². The normalized spacial score (nSPS) is 15.8. The van der Waals surface area contributed by atoms with Crippen molar-refractivity contribution in [2.24, 2.45) is 0 Å². The van der Waals surface area contributed by atoms with Crippen LogP contribution in [-0.2, 0) is 14.8 Å². The molecule has 0 saturated carbocycles. The Morgan fingerprint density at radius 1 is 1.15 bits per heavy atom. The topological polar surface area (TPSA) is 92.8 Å². The number of nitrogens with zero attached hydrogens (tertiary/aromatic N) is 1. The molecule has 0 atom stereocenters. The van der Waals surface area contributed by atoms with Crippen molar-refractivity contribution in [3.8, 4) is 5.75 Å². The first kappa shape index (κ1) is 18.9. The van der Waals surface area contributed by atoms with E-state index in [2.05, 4.69) is 5.32 Å². The van der Waals surface area contributed by atoms with Gasteiger partial charge in [-0.25, -0.2) is 12.7 Å². The first-order chi connectivity index (χ1) is 12.8. The Labute approximate surface area is 158 Å². The van der Waals surface area contributed by atoms with Gasteiger partial charge in [-0.2, -0.15) is 0 Å². The zero-order valence-corrected chi connectivity index (χ0v) is 15.8. The van der Waals surface area contributed by atoms with Gasteiger partial charge in [0.25, 0.3) is 5.91 Å². The first-order valence-corrected chi connectivity index (χ1v) is 10.1. The summed E-state index contributed by atoms with van der Waals surface area (Å²) in [6, 6.07) is 12.9. The van der Waals surface area contributed by atoms with Crippen LogP contribution in [0.25, 0.3) is 0 Å². The van der Waals surface area contributed by atoms with Gasteiger partial charge in [-0.1, -0.05) is 6.07 Å². The molecule has 1 saturated heterocycles. The van der Waals surface area contributed by atoms with E-state index >= 15 is 0 Å². The van der Waals surface area contributed by atoms with Gasteiger partial charge in [-0.15, -0.1) is 0 Å². The molecule has 0 aliphatic carbocycles. The van der Waals surface area contributed by atoms with Gasteiger partial charge >= 0.3 is 0 Å². The molecule has 1 aliphatic rings. The Morgan fingerprint density at radius 3 is 2.44 bits per heavy atom. The van der Waals surface area contributed by atoms with E-state index in [-0.39, 0.29) is 29.5 Å². The van der Waals surface area contributed by atoms with Crippen molar-refractivity contribution in [2.45, 2.75) is 26.4 Å². The molecule has 7 nitrogen and oxygen atoms in total.